The van der Waals surface area contributed by atoms with Gasteiger partial charge in [-0.3, -0.25) is 14.6 Å². The molecule has 3 aliphatic rings. The highest BCUT2D eigenvalue weighted by Gasteiger charge is 2.43. The number of nitrogens with zero attached hydrogens (tertiary/aromatic N) is 1. The zero-order valence-electron chi connectivity index (χ0n) is 14.7. The van der Waals surface area contributed by atoms with Gasteiger partial charge in [0.15, 0.2) is 5.70 Å². The number of aromatic hydroxyl groups is 1. The molecule has 0 radical (unpaired) electrons. The van der Waals surface area contributed by atoms with Crippen LogP contribution in [0, 0.1) is 0 Å². The molecule has 0 spiro atoms. The van der Waals surface area contributed by atoms with Crippen LogP contribution in [0.1, 0.15) is 12.0 Å². The van der Waals surface area contributed by atoms with Gasteiger partial charge in [0.1, 0.15) is 11.9 Å². The van der Waals surface area contributed by atoms with E-state index in [9.17, 15) is 9.90 Å². The summed E-state index contributed by atoms with van der Waals surface area (Å²) in [6.07, 6.45) is 6.11. The van der Waals surface area contributed by atoms with E-state index in [1.807, 2.05) is 19.2 Å². The Balaban J connectivity index is 1.49. The summed E-state index contributed by atoms with van der Waals surface area (Å²) in [6, 6.07) is 7.40. The number of hydrogen-bond donors (Lipinski definition) is 3. The third-order valence-electron chi connectivity index (χ3n) is 5.37. The molecule has 2 aliphatic heterocycles. The van der Waals surface area contributed by atoms with E-state index in [4.69, 9.17) is 0 Å². The van der Waals surface area contributed by atoms with Gasteiger partial charge in [-0.25, -0.2) is 0 Å². The Kier molecular flexibility index (Phi) is 3.98. The SMILES string of the molecule is CN1CCC2=C[NH+](C)C3=C2C1C=C(NCCc1ccc(O)cc1)C3=O. The molecule has 2 atom stereocenters. The van der Waals surface area contributed by atoms with Gasteiger partial charge in [0.2, 0.25) is 0 Å². The molecule has 0 saturated carbocycles. The van der Waals surface area contributed by atoms with E-state index >= 15 is 0 Å². The molecule has 3 N–H and O–H groups in total. The second-order valence-corrected chi connectivity index (χ2v) is 7.07. The summed E-state index contributed by atoms with van der Waals surface area (Å²) in [4.78, 5) is 16.4. The molecule has 0 amide bonds. The van der Waals surface area contributed by atoms with Crippen LogP contribution in [0.25, 0.3) is 0 Å². The summed E-state index contributed by atoms with van der Waals surface area (Å²) in [7, 11) is 4.17. The van der Waals surface area contributed by atoms with Crippen molar-refractivity contribution in [1.29, 1.82) is 0 Å². The molecule has 0 bridgehead atoms. The van der Waals surface area contributed by atoms with Gasteiger partial charge in [0, 0.05) is 24.2 Å². The van der Waals surface area contributed by atoms with Crippen LogP contribution in [-0.4, -0.2) is 49.0 Å². The van der Waals surface area contributed by atoms with Crippen LogP contribution in [0.15, 0.2) is 59.1 Å². The summed E-state index contributed by atoms with van der Waals surface area (Å²) in [5.41, 5.74) is 5.31. The maximum atomic E-state index is 12.9. The van der Waals surface area contributed by atoms with Crippen molar-refractivity contribution in [2.75, 3.05) is 27.2 Å². The molecule has 130 valence electrons. The van der Waals surface area contributed by atoms with Crippen LogP contribution in [0.3, 0.4) is 0 Å². The number of carbonyl (C=O) groups excluding carboxylic acids is 1. The van der Waals surface area contributed by atoms with Crippen molar-refractivity contribution in [3.63, 3.8) is 0 Å². The van der Waals surface area contributed by atoms with Gasteiger partial charge in [-0.05, 0) is 43.7 Å². The maximum Gasteiger partial charge on any atom is 0.262 e. The van der Waals surface area contributed by atoms with Crippen LogP contribution >= 0.6 is 0 Å². The zero-order chi connectivity index (χ0) is 17.6. The van der Waals surface area contributed by atoms with Crippen LogP contribution < -0.4 is 10.2 Å². The van der Waals surface area contributed by atoms with E-state index in [2.05, 4.69) is 29.5 Å². The Morgan fingerprint density at radius 2 is 2.08 bits per heavy atom. The first-order valence-electron chi connectivity index (χ1n) is 8.82. The summed E-state index contributed by atoms with van der Waals surface area (Å²) in [5, 5.41) is 12.7. The molecule has 4 rings (SSSR count). The number of benzene rings is 1. The first-order valence-corrected chi connectivity index (χ1v) is 8.82. The standard InChI is InChI=1S/C20H23N3O2/c1-22-10-8-14-12-23(2)19-18(14)17(22)11-16(20(19)25)21-9-7-13-3-5-15(24)6-4-13/h3-6,11-12,17,21,24H,7-10H2,1-2H3/p+1. The number of likely N-dealkylation sites (tertiary alicyclic amines) is 1. The van der Waals surface area contributed by atoms with Gasteiger partial charge in [-0.2, -0.15) is 0 Å². The highest BCUT2D eigenvalue weighted by atomic mass is 16.3. The van der Waals surface area contributed by atoms with Crippen molar-refractivity contribution in [2.24, 2.45) is 0 Å². The smallest absolute Gasteiger partial charge is 0.262 e. The van der Waals surface area contributed by atoms with Crippen molar-refractivity contribution in [2.45, 2.75) is 18.9 Å². The fourth-order valence-corrected chi connectivity index (χ4v) is 4.01. The quantitative estimate of drug-likeness (QED) is 0.742. The lowest BCUT2D eigenvalue weighted by atomic mass is 9.86. The van der Waals surface area contributed by atoms with E-state index in [0.717, 1.165) is 35.5 Å². The molecule has 1 saturated heterocycles. The Hall–Kier alpha value is -2.37. The Morgan fingerprint density at radius 1 is 1.32 bits per heavy atom. The molecular formula is C20H24N3O2+. The average molecular weight is 338 g/mol. The number of likely N-dealkylation sites (N-methyl/N-ethyl adjacent to an activating group) is 2. The van der Waals surface area contributed by atoms with Crippen molar-refractivity contribution in [1.82, 2.24) is 10.2 Å². The molecule has 1 fully saturated rings. The van der Waals surface area contributed by atoms with E-state index in [1.165, 1.54) is 11.1 Å². The molecule has 2 unspecified atom stereocenters. The van der Waals surface area contributed by atoms with Crippen LogP contribution in [0.5, 0.6) is 5.75 Å². The fourth-order valence-electron chi connectivity index (χ4n) is 4.01. The summed E-state index contributed by atoms with van der Waals surface area (Å²) in [5.74, 6) is 0.397. The number of ketones is 1. The predicted octanol–water partition coefficient (Wildman–Crippen LogP) is 0.361. The minimum Gasteiger partial charge on any atom is -0.508 e. The number of hydrogen-bond acceptors (Lipinski definition) is 4. The molecule has 5 nitrogen and oxygen atoms in total. The second-order valence-electron chi connectivity index (χ2n) is 7.07. The van der Waals surface area contributed by atoms with Crippen molar-refractivity contribution in [3.05, 3.63) is 64.6 Å². The monoisotopic (exact) mass is 338 g/mol. The van der Waals surface area contributed by atoms with E-state index in [0.29, 0.717) is 12.2 Å². The van der Waals surface area contributed by atoms with Gasteiger partial charge in [-0.1, -0.05) is 12.1 Å². The van der Waals surface area contributed by atoms with E-state index < -0.39 is 0 Å². The summed E-state index contributed by atoms with van der Waals surface area (Å²) >= 11 is 0. The highest BCUT2D eigenvalue weighted by Crippen LogP contribution is 2.35. The maximum absolute atomic E-state index is 12.9. The Morgan fingerprint density at radius 3 is 2.84 bits per heavy atom. The number of quaternary nitrogens is 1. The lowest BCUT2D eigenvalue weighted by Crippen LogP contribution is -3.02. The number of Topliss-reactive ketones (excluding diaryl/α,β-unsaturated/α-hetero) is 1. The normalized spacial score (nSPS) is 25.6. The van der Waals surface area contributed by atoms with Crippen molar-refractivity contribution in [3.8, 4) is 5.75 Å². The Bertz CT molecular complexity index is 805. The minimum atomic E-state index is 0.121. The first-order chi connectivity index (χ1) is 12.0. The molecule has 2 heterocycles. The molecule has 1 aromatic carbocycles. The lowest BCUT2D eigenvalue weighted by molar-refractivity contribution is -0.773. The van der Waals surface area contributed by atoms with Crippen LogP contribution in [0.2, 0.25) is 0 Å². The molecule has 1 aromatic rings. The number of rotatable bonds is 4. The number of phenols is 1. The topological polar surface area (TPSA) is 57.0 Å². The fraction of sp³-hybridized carbons (Fsp3) is 0.350. The van der Waals surface area contributed by atoms with Crippen molar-refractivity contribution < 1.29 is 14.8 Å². The van der Waals surface area contributed by atoms with E-state index in [-0.39, 0.29) is 17.6 Å². The van der Waals surface area contributed by atoms with Crippen molar-refractivity contribution >= 4 is 5.78 Å². The first kappa shape index (κ1) is 16.1. The lowest BCUT2D eigenvalue weighted by Gasteiger charge is -2.34. The van der Waals surface area contributed by atoms with Gasteiger partial charge >= 0.3 is 0 Å². The summed E-state index contributed by atoms with van der Waals surface area (Å²) < 4.78 is 0. The van der Waals surface area contributed by atoms with Gasteiger partial charge in [0.05, 0.1) is 18.8 Å². The van der Waals surface area contributed by atoms with E-state index in [1.54, 1.807) is 12.1 Å². The number of carbonyl (C=O) groups is 1. The third-order valence-corrected chi connectivity index (χ3v) is 5.37. The Labute approximate surface area is 147 Å². The molecular weight excluding hydrogens is 314 g/mol. The molecule has 1 aliphatic carbocycles. The largest absolute Gasteiger partial charge is 0.508 e. The number of phenolic OH excluding ortho intramolecular Hbond substituents is 1. The zero-order valence-corrected chi connectivity index (χ0v) is 14.7. The van der Waals surface area contributed by atoms with Gasteiger partial charge in [0.25, 0.3) is 5.78 Å². The number of nitrogens with one attached hydrogen (secondary N) is 2. The number of piperidine rings is 1. The molecule has 25 heavy (non-hydrogen) atoms. The van der Waals surface area contributed by atoms with Crippen LogP contribution in [-0.2, 0) is 11.2 Å². The predicted molar refractivity (Wildman–Crippen MR) is 95.9 cm³/mol. The second kappa shape index (κ2) is 6.17. The molecule has 5 heteroatoms. The van der Waals surface area contributed by atoms with Gasteiger partial charge < -0.3 is 10.4 Å². The van der Waals surface area contributed by atoms with Gasteiger partial charge in [-0.15, -0.1) is 0 Å². The average Bonchev–Trinajstić information content (AvgIpc) is 2.93. The summed E-state index contributed by atoms with van der Waals surface area (Å²) in [6.45, 7) is 1.72. The van der Waals surface area contributed by atoms with Crippen LogP contribution in [0.4, 0.5) is 0 Å². The minimum absolute atomic E-state index is 0.121. The third kappa shape index (κ3) is 2.79. The highest BCUT2D eigenvalue weighted by molar-refractivity contribution is 6.08. The molecule has 0 aromatic heterocycles.